The maximum atomic E-state index is 5.09. The number of benzene rings is 6. The average Bonchev–Trinajstić information content (AvgIpc) is 3.80. The number of fused-ring (bicyclic) bond motifs is 7. The van der Waals surface area contributed by atoms with E-state index in [4.69, 9.17) is 4.98 Å². The Kier molecular flexibility index (Phi) is 5.54. The fourth-order valence-corrected chi connectivity index (χ4v) is 7.34. The van der Waals surface area contributed by atoms with E-state index in [1.807, 2.05) is 12.3 Å². The molecular weight excluding hydrogens is 573 g/mol. The summed E-state index contributed by atoms with van der Waals surface area (Å²) < 4.78 is 7.01. The van der Waals surface area contributed by atoms with E-state index < -0.39 is 0 Å². The molecule has 0 saturated heterocycles. The van der Waals surface area contributed by atoms with Crippen molar-refractivity contribution in [1.82, 2.24) is 18.7 Å². The molecule has 10 rings (SSSR count). The van der Waals surface area contributed by atoms with Crippen LogP contribution in [-0.4, -0.2) is 18.7 Å². The normalized spacial score (nSPS) is 11.8. The number of aromatic nitrogens is 4. The number of hydrogen-bond donors (Lipinski definition) is 0. The molecule has 0 aliphatic carbocycles. The molecule has 0 aliphatic heterocycles. The van der Waals surface area contributed by atoms with Gasteiger partial charge >= 0.3 is 0 Å². The highest BCUT2D eigenvalue weighted by Gasteiger charge is 2.20. The Labute approximate surface area is 271 Å². The van der Waals surface area contributed by atoms with Crippen LogP contribution in [0.5, 0.6) is 0 Å². The Morgan fingerprint density at radius 3 is 1.74 bits per heavy atom. The van der Waals surface area contributed by atoms with E-state index in [9.17, 15) is 0 Å². The van der Waals surface area contributed by atoms with Gasteiger partial charge in [-0.25, -0.2) is 4.98 Å². The molecule has 0 fully saturated rings. The molecule has 0 unspecified atom stereocenters. The zero-order chi connectivity index (χ0) is 30.9. The van der Waals surface area contributed by atoms with Crippen molar-refractivity contribution in [3.8, 4) is 28.3 Å². The van der Waals surface area contributed by atoms with Crippen molar-refractivity contribution in [3.05, 3.63) is 170 Å². The summed E-state index contributed by atoms with van der Waals surface area (Å²) in [6, 6.07) is 56.4. The molecule has 0 saturated carbocycles. The largest absolute Gasteiger partial charge is 0.316 e. The highest BCUT2D eigenvalue weighted by atomic mass is 15.1. The van der Waals surface area contributed by atoms with Crippen molar-refractivity contribution in [2.75, 3.05) is 0 Å². The van der Waals surface area contributed by atoms with Crippen LogP contribution in [0.15, 0.2) is 170 Å². The van der Waals surface area contributed by atoms with Gasteiger partial charge in [0.2, 0.25) is 0 Å². The lowest BCUT2D eigenvalue weighted by atomic mass is 10.1. The Morgan fingerprint density at radius 2 is 1.00 bits per heavy atom. The van der Waals surface area contributed by atoms with Crippen molar-refractivity contribution in [2.45, 2.75) is 0 Å². The third kappa shape index (κ3) is 3.92. The SMILES string of the molecule is c1ccc(-c2ccc(-n3c4cc5c6ccccc6n(-c6ccccc6)c5cc4c4cc5ccn(-c6ccccc6)c5cc43)nc2)cc1. The molecule has 0 bridgehead atoms. The van der Waals surface area contributed by atoms with Crippen LogP contribution in [0.4, 0.5) is 0 Å². The van der Waals surface area contributed by atoms with Gasteiger partial charge in [0.05, 0.1) is 27.6 Å². The van der Waals surface area contributed by atoms with Gasteiger partial charge in [-0.3, -0.25) is 4.57 Å². The van der Waals surface area contributed by atoms with Crippen LogP contribution in [0.25, 0.3) is 82.8 Å². The zero-order valence-electron chi connectivity index (χ0n) is 25.5. The highest BCUT2D eigenvalue weighted by molar-refractivity contribution is 6.20. The maximum Gasteiger partial charge on any atom is 0.137 e. The lowest BCUT2D eigenvalue weighted by molar-refractivity contribution is 1.08. The van der Waals surface area contributed by atoms with Gasteiger partial charge in [0, 0.05) is 56.3 Å². The Bertz CT molecular complexity index is 2750. The molecule has 47 heavy (non-hydrogen) atoms. The summed E-state index contributed by atoms with van der Waals surface area (Å²) in [5, 5.41) is 6.07. The number of hydrogen-bond acceptors (Lipinski definition) is 1. The monoisotopic (exact) mass is 600 g/mol. The fourth-order valence-electron chi connectivity index (χ4n) is 7.34. The standard InChI is InChI=1S/C43H28N4/c1-4-12-29(13-5-1)31-20-21-43(44-28-31)47-41-25-36-34-18-10-11-19-38(34)46(33-16-8-3-9-17-33)40(36)26-37(41)35-24-30-22-23-45(39(30)27-42(35)47)32-14-6-2-7-15-32/h1-28H. The minimum atomic E-state index is 0.896. The molecule has 6 aromatic carbocycles. The molecule has 0 spiro atoms. The summed E-state index contributed by atoms with van der Waals surface area (Å²) in [5.74, 6) is 0.896. The summed E-state index contributed by atoms with van der Waals surface area (Å²) >= 11 is 0. The third-order valence-corrected chi connectivity index (χ3v) is 9.50. The Hall–Kier alpha value is -6.39. The first kappa shape index (κ1) is 25.9. The topological polar surface area (TPSA) is 27.7 Å². The second-order valence-corrected chi connectivity index (χ2v) is 12.1. The van der Waals surface area contributed by atoms with Gasteiger partial charge in [-0.1, -0.05) is 84.9 Å². The van der Waals surface area contributed by atoms with Crippen LogP contribution < -0.4 is 0 Å². The van der Waals surface area contributed by atoms with Crippen molar-refractivity contribution in [1.29, 1.82) is 0 Å². The second-order valence-electron chi connectivity index (χ2n) is 12.1. The first-order valence-electron chi connectivity index (χ1n) is 16.0. The zero-order valence-corrected chi connectivity index (χ0v) is 25.5. The van der Waals surface area contributed by atoms with Crippen molar-refractivity contribution in [2.24, 2.45) is 0 Å². The number of pyridine rings is 1. The van der Waals surface area contributed by atoms with Gasteiger partial charge < -0.3 is 9.13 Å². The number of para-hydroxylation sites is 3. The molecular formula is C43H28N4. The highest BCUT2D eigenvalue weighted by Crippen LogP contribution is 2.41. The van der Waals surface area contributed by atoms with E-state index in [1.165, 1.54) is 38.0 Å². The molecule has 10 aromatic rings. The molecule has 0 amide bonds. The van der Waals surface area contributed by atoms with Gasteiger partial charge in [-0.2, -0.15) is 0 Å². The minimum Gasteiger partial charge on any atom is -0.316 e. The van der Waals surface area contributed by atoms with Crippen molar-refractivity contribution >= 4 is 54.5 Å². The van der Waals surface area contributed by atoms with Crippen LogP contribution in [0.2, 0.25) is 0 Å². The summed E-state index contributed by atoms with van der Waals surface area (Å²) in [6.07, 6.45) is 4.16. The fraction of sp³-hybridized carbons (Fsp3) is 0. The van der Waals surface area contributed by atoms with Crippen LogP contribution in [0.1, 0.15) is 0 Å². The molecule has 4 heteroatoms. The summed E-state index contributed by atoms with van der Waals surface area (Å²) in [6.45, 7) is 0. The molecule has 0 radical (unpaired) electrons. The predicted octanol–water partition coefficient (Wildman–Crippen LogP) is 10.9. The minimum absolute atomic E-state index is 0.896. The van der Waals surface area contributed by atoms with E-state index in [2.05, 4.69) is 172 Å². The van der Waals surface area contributed by atoms with Crippen LogP contribution >= 0.6 is 0 Å². The Balaban J connectivity index is 1.31. The lowest BCUT2D eigenvalue weighted by Gasteiger charge is -2.10. The van der Waals surface area contributed by atoms with Gasteiger partial charge in [-0.05, 0) is 78.4 Å². The van der Waals surface area contributed by atoms with Gasteiger partial charge in [0.1, 0.15) is 5.82 Å². The van der Waals surface area contributed by atoms with E-state index in [0.717, 1.165) is 44.9 Å². The van der Waals surface area contributed by atoms with E-state index in [0.29, 0.717) is 0 Å². The van der Waals surface area contributed by atoms with Gasteiger partial charge in [0.15, 0.2) is 0 Å². The summed E-state index contributed by atoms with van der Waals surface area (Å²) in [4.78, 5) is 5.09. The van der Waals surface area contributed by atoms with E-state index in [-0.39, 0.29) is 0 Å². The quantitative estimate of drug-likeness (QED) is 0.197. The van der Waals surface area contributed by atoms with Crippen LogP contribution in [-0.2, 0) is 0 Å². The summed E-state index contributed by atoms with van der Waals surface area (Å²) in [5.41, 5.74) is 10.4. The number of rotatable bonds is 4. The lowest BCUT2D eigenvalue weighted by Crippen LogP contribution is -1.98. The maximum absolute atomic E-state index is 5.09. The van der Waals surface area contributed by atoms with Crippen molar-refractivity contribution < 1.29 is 0 Å². The molecule has 0 N–H and O–H groups in total. The molecule has 4 aromatic heterocycles. The number of nitrogens with zero attached hydrogens (tertiary/aromatic N) is 4. The second kappa shape index (κ2) is 10.1. The molecule has 220 valence electrons. The third-order valence-electron chi connectivity index (χ3n) is 9.50. The van der Waals surface area contributed by atoms with Gasteiger partial charge in [0.25, 0.3) is 0 Å². The molecule has 4 heterocycles. The first-order chi connectivity index (χ1) is 23.3. The van der Waals surface area contributed by atoms with E-state index >= 15 is 0 Å². The smallest absolute Gasteiger partial charge is 0.137 e. The summed E-state index contributed by atoms with van der Waals surface area (Å²) in [7, 11) is 0. The van der Waals surface area contributed by atoms with Crippen LogP contribution in [0.3, 0.4) is 0 Å². The first-order valence-corrected chi connectivity index (χ1v) is 16.0. The molecule has 0 atom stereocenters. The average molecular weight is 601 g/mol. The van der Waals surface area contributed by atoms with E-state index in [1.54, 1.807) is 0 Å². The molecule has 0 aliphatic rings. The predicted molar refractivity (Wildman–Crippen MR) is 195 cm³/mol. The van der Waals surface area contributed by atoms with Crippen LogP contribution in [0, 0.1) is 0 Å². The molecule has 4 nitrogen and oxygen atoms in total. The van der Waals surface area contributed by atoms with Gasteiger partial charge in [-0.15, -0.1) is 0 Å². The Morgan fingerprint density at radius 1 is 0.383 bits per heavy atom. The van der Waals surface area contributed by atoms with Crippen molar-refractivity contribution in [3.63, 3.8) is 0 Å².